The lowest BCUT2D eigenvalue weighted by Gasteiger charge is -2.27. The molecule has 0 radical (unpaired) electrons. The summed E-state index contributed by atoms with van der Waals surface area (Å²) in [6.45, 7) is 8.30. The number of hydrogen-bond donors (Lipinski definition) is 1. The summed E-state index contributed by atoms with van der Waals surface area (Å²) in [5, 5.41) is 3.33. The molecule has 0 spiro atoms. The maximum absolute atomic E-state index is 6.29. The van der Waals surface area contributed by atoms with Gasteiger partial charge >= 0.3 is 0 Å². The van der Waals surface area contributed by atoms with E-state index in [1.165, 1.54) is 12.1 Å². The molecule has 0 amide bonds. The van der Waals surface area contributed by atoms with Crippen LogP contribution in [-0.4, -0.2) is 24.2 Å². The van der Waals surface area contributed by atoms with Gasteiger partial charge in [0.1, 0.15) is 0 Å². The standard InChI is InChI=1S/C14H24N2OS/c1-14(2,3)12-9-18-13(16-12)7-11(15)10-5-4-6-17-8-10/h9-11H,4-8,15H2,1-3H3. The summed E-state index contributed by atoms with van der Waals surface area (Å²) in [6, 6.07) is 0.185. The molecule has 0 saturated carbocycles. The zero-order valence-corrected chi connectivity index (χ0v) is 12.4. The van der Waals surface area contributed by atoms with Crippen LogP contribution < -0.4 is 5.73 Å². The van der Waals surface area contributed by atoms with Crippen molar-refractivity contribution in [2.24, 2.45) is 11.7 Å². The third-order valence-electron chi connectivity index (χ3n) is 3.53. The summed E-state index contributed by atoms with van der Waals surface area (Å²) < 4.78 is 5.50. The van der Waals surface area contributed by atoms with Crippen LogP contribution in [0.15, 0.2) is 5.38 Å². The Hall–Kier alpha value is -0.450. The molecule has 18 heavy (non-hydrogen) atoms. The van der Waals surface area contributed by atoms with E-state index in [4.69, 9.17) is 15.5 Å². The molecular weight excluding hydrogens is 244 g/mol. The minimum Gasteiger partial charge on any atom is -0.381 e. The lowest BCUT2D eigenvalue weighted by Crippen LogP contribution is -2.37. The molecule has 2 rings (SSSR count). The minimum atomic E-state index is 0.132. The highest BCUT2D eigenvalue weighted by atomic mass is 32.1. The van der Waals surface area contributed by atoms with E-state index in [0.29, 0.717) is 5.92 Å². The van der Waals surface area contributed by atoms with Crippen molar-refractivity contribution in [1.82, 2.24) is 4.98 Å². The van der Waals surface area contributed by atoms with Crippen molar-refractivity contribution < 1.29 is 4.74 Å². The first-order valence-electron chi connectivity index (χ1n) is 6.75. The van der Waals surface area contributed by atoms with Crippen LogP contribution in [0.5, 0.6) is 0 Å². The Morgan fingerprint density at radius 3 is 2.89 bits per heavy atom. The highest BCUT2D eigenvalue weighted by Gasteiger charge is 2.23. The Bertz CT molecular complexity index is 377. The van der Waals surface area contributed by atoms with Gasteiger partial charge < -0.3 is 10.5 Å². The van der Waals surface area contributed by atoms with Crippen molar-refractivity contribution in [2.45, 2.75) is 51.5 Å². The highest BCUT2D eigenvalue weighted by molar-refractivity contribution is 7.09. The average molecular weight is 268 g/mol. The largest absolute Gasteiger partial charge is 0.381 e. The third kappa shape index (κ3) is 3.53. The van der Waals surface area contributed by atoms with Gasteiger partial charge in [-0.25, -0.2) is 4.98 Å². The first-order chi connectivity index (χ1) is 8.47. The number of rotatable bonds is 3. The quantitative estimate of drug-likeness (QED) is 0.917. The molecule has 2 N–H and O–H groups in total. The van der Waals surface area contributed by atoms with E-state index in [-0.39, 0.29) is 11.5 Å². The zero-order valence-electron chi connectivity index (χ0n) is 11.6. The Kier molecular flexibility index (Phi) is 4.41. The Morgan fingerprint density at radius 2 is 2.33 bits per heavy atom. The molecule has 3 nitrogen and oxygen atoms in total. The van der Waals surface area contributed by atoms with E-state index in [0.717, 1.165) is 31.1 Å². The molecule has 0 bridgehead atoms. The van der Waals surface area contributed by atoms with Crippen molar-refractivity contribution in [3.63, 3.8) is 0 Å². The van der Waals surface area contributed by atoms with Crippen LogP contribution in [0.2, 0.25) is 0 Å². The predicted molar refractivity (Wildman–Crippen MR) is 76.0 cm³/mol. The fourth-order valence-corrected chi connectivity index (χ4v) is 3.31. The van der Waals surface area contributed by atoms with E-state index in [1.807, 2.05) is 0 Å². The molecule has 0 aromatic carbocycles. The number of nitrogens with zero attached hydrogens (tertiary/aromatic N) is 1. The van der Waals surface area contributed by atoms with E-state index >= 15 is 0 Å². The van der Waals surface area contributed by atoms with Gasteiger partial charge in [-0.3, -0.25) is 0 Å². The second kappa shape index (κ2) is 5.68. The summed E-state index contributed by atoms with van der Waals surface area (Å²) in [5.41, 5.74) is 7.59. The summed E-state index contributed by atoms with van der Waals surface area (Å²) in [4.78, 5) is 4.71. The van der Waals surface area contributed by atoms with Crippen LogP contribution in [0.25, 0.3) is 0 Å². The van der Waals surface area contributed by atoms with Gasteiger partial charge in [0.05, 0.1) is 17.3 Å². The summed E-state index contributed by atoms with van der Waals surface area (Å²) in [7, 11) is 0. The smallest absolute Gasteiger partial charge is 0.0944 e. The van der Waals surface area contributed by atoms with Gasteiger partial charge in [-0.1, -0.05) is 20.8 Å². The molecule has 1 fully saturated rings. The number of hydrogen-bond acceptors (Lipinski definition) is 4. The van der Waals surface area contributed by atoms with Crippen molar-refractivity contribution in [3.8, 4) is 0 Å². The lowest BCUT2D eigenvalue weighted by molar-refractivity contribution is 0.0450. The van der Waals surface area contributed by atoms with Gasteiger partial charge in [-0.15, -0.1) is 11.3 Å². The van der Waals surface area contributed by atoms with Crippen LogP contribution >= 0.6 is 11.3 Å². The van der Waals surface area contributed by atoms with E-state index < -0.39 is 0 Å². The molecule has 2 heterocycles. The van der Waals surface area contributed by atoms with Gasteiger partial charge in [-0.05, 0) is 18.8 Å². The molecule has 2 atom stereocenters. The monoisotopic (exact) mass is 268 g/mol. The second-order valence-electron chi connectivity index (χ2n) is 6.22. The lowest BCUT2D eigenvalue weighted by atomic mass is 9.92. The number of nitrogens with two attached hydrogens (primary N) is 1. The predicted octanol–water partition coefficient (Wildman–Crippen LogP) is 2.74. The van der Waals surface area contributed by atoms with Crippen LogP contribution in [0.3, 0.4) is 0 Å². The van der Waals surface area contributed by atoms with Crippen molar-refractivity contribution in [2.75, 3.05) is 13.2 Å². The molecule has 4 heteroatoms. The van der Waals surface area contributed by atoms with Crippen LogP contribution in [0.4, 0.5) is 0 Å². The van der Waals surface area contributed by atoms with E-state index in [2.05, 4.69) is 26.2 Å². The fraction of sp³-hybridized carbons (Fsp3) is 0.786. The molecular formula is C14H24N2OS. The molecule has 0 aliphatic carbocycles. The molecule has 1 aliphatic rings. The van der Waals surface area contributed by atoms with Crippen molar-refractivity contribution >= 4 is 11.3 Å². The maximum Gasteiger partial charge on any atom is 0.0944 e. The average Bonchev–Trinajstić information content (AvgIpc) is 2.78. The molecule has 1 aliphatic heterocycles. The molecule has 1 saturated heterocycles. The zero-order chi connectivity index (χ0) is 13.2. The number of aromatic nitrogens is 1. The van der Waals surface area contributed by atoms with Gasteiger partial charge in [-0.2, -0.15) is 0 Å². The first kappa shape index (κ1) is 14.0. The minimum absolute atomic E-state index is 0.132. The van der Waals surface area contributed by atoms with E-state index in [9.17, 15) is 0 Å². The normalized spacial score (nSPS) is 23.0. The van der Waals surface area contributed by atoms with Crippen molar-refractivity contribution in [3.05, 3.63) is 16.1 Å². The van der Waals surface area contributed by atoms with E-state index in [1.54, 1.807) is 11.3 Å². The maximum atomic E-state index is 6.29. The van der Waals surface area contributed by atoms with Crippen LogP contribution in [0.1, 0.15) is 44.3 Å². The Labute approximate surface area is 114 Å². The van der Waals surface area contributed by atoms with Gasteiger partial charge in [0.2, 0.25) is 0 Å². The SMILES string of the molecule is CC(C)(C)c1csc(CC(N)C2CCCOC2)n1. The van der Waals surface area contributed by atoms with Gasteiger partial charge in [0, 0.05) is 29.9 Å². The van der Waals surface area contributed by atoms with Crippen molar-refractivity contribution in [1.29, 1.82) is 0 Å². The summed E-state index contributed by atoms with van der Waals surface area (Å²) in [6.07, 6.45) is 3.22. The Morgan fingerprint density at radius 1 is 1.56 bits per heavy atom. The highest BCUT2D eigenvalue weighted by Crippen LogP contribution is 2.26. The first-order valence-corrected chi connectivity index (χ1v) is 7.63. The fourth-order valence-electron chi connectivity index (χ4n) is 2.22. The molecule has 1 aromatic heterocycles. The second-order valence-corrected chi connectivity index (χ2v) is 7.16. The van der Waals surface area contributed by atoms with Gasteiger partial charge in [0.25, 0.3) is 0 Å². The summed E-state index contributed by atoms with van der Waals surface area (Å²) in [5.74, 6) is 0.501. The molecule has 102 valence electrons. The van der Waals surface area contributed by atoms with Crippen LogP contribution in [0, 0.1) is 5.92 Å². The number of thiazole rings is 1. The molecule has 2 unspecified atom stereocenters. The number of ether oxygens (including phenoxy) is 1. The molecule has 1 aromatic rings. The van der Waals surface area contributed by atoms with Crippen LogP contribution in [-0.2, 0) is 16.6 Å². The van der Waals surface area contributed by atoms with Gasteiger partial charge in [0.15, 0.2) is 0 Å². The Balaban J connectivity index is 1.94. The topological polar surface area (TPSA) is 48.1 Å². The third-order valence-corrected chi connectivity index (χ3v) is 4.40. The summed E-state index contributed by atoms with van der Waals surface area (Å²) >= 11 is 1.74.